The first-order chi connectivity index (χ1) is 7.27. The number of rotatable bonds is 2. The molecule has 0 spiro atoms. The van der Waals surface area contributed by atoms with Gasteiger partial charge in [-0.2, -0.15) is 12.5 Å². The molecule has 0 aliphatic rings. The Morgan fingerprint density at radius 3 is 2.50 bits per heavy atom. The maximum Gasteiger partial charge on any atom is 2.00 e. The summed E-state index contributed by atoms with van der Waals surface area (Å²) in [5.74, 6) is 0. The molecule has 2 aromatic rings. The van der Waals surface area contributed by atoms with Crippen molar-refractivity contribution < 1.29 is 31.3 Å². The SMILES string of the molecule is Cc1cc2ccccc2[cH-]1.[CH2-]CCCO.[Zr+2]. The molecular formula is C14H18OZr. The molecule has 2 rings (SSSR count). The van der Waals surface area contributed by atoms with Crippen LogP contribution >= 0.6 is 0 Å². The van der Waals surface area contributed by atoms with E-state index in [1.54, 1.807) is 0 Å². The van der Waals surface area contributed by atoms with Gasteiger partial charge in [0.15, 0.2) is 0 Å². The first-order valence-electron chi connectivity index (χ1n) is 5.30. The Labute approximate surface area is 117 Å². The number of unbranched alkanes of at least 4 members (excludes halogenated alkanes) is 1. The topological polar surface area (TPSA) is 20.2 Å². The maximum atomic E-state index is 8.03. The summed E-state index contributed by atoms with van der Waals surface area (Å²) in [5, 5.41) is 10.7. The van der Waals surface area contributed by atoms with E-state index in [1.165, 1.54) is 16.3 Å². The van der Waals surface area contributed by atoms with E-state index in [9.17, 15) is 0 Å². The monoisotopic (exact) mass is 292 g/mol. The fraction of sp³-hybridized carbons (Fsp3) is 0.286. The molecule has 0 fully saturated rings. The van der Waals surface area contributed by atoms with Crippen LogP contribution in [-0.4, -0.2) is 11.7 Å². The summed E-state index contributed by atoms with van der Waals surface area (Å²) < 4.78 is 0. The Hall–Kier alpha value is -0.327. The molecule has 16 heavy (non-hydrogen) atoms. The summed E-state index contributed by atoms with van der Waals surface area (Å²) in [7, 11) is 0. The van der Waals surface area contributed by atoms with Gasteiger partial charge in [-0.25, -0.2) is 0 Å². The third-order valence-corrected chi connectivity index (χ3v) is 2.17. The summed E-state index contributed by atoms with van der Waals surface area (Å²) in [6, 6.07) is 12.8. The van der Waals surface area contributed by atoms with Crippen LogP contribution in [0.5, 0.6) is 0 Å². The van der Waals surface area contributed by atoms with Gasteiger partial charge in [0.05, 0.1) is 0 Å². The van der Waals surface area contributed by atoms with E-state index in [0.29, 0.717) is 0 Å². The van der Waals surface area contributed by atoms with Crippen LogP contribution in [0, 0.1) is 13.8 Å². The van der Waals surface area contributed by atoms with E-state index in [-0.39, 0.29) is 32.8 Å². The zero-order valence-corrected chi connectivity index (χ0v) is 12.2. The number of aliphatic hydroxyl groups is 1. The molecule has 0 unspecified atom stereocenters. The van der Waals surface area contributed by atoms with Crippen molar-refractivity contribution in [2.45, 2.75) is 19.8 Å². The smallest absolute Gasteiger partial charge is 0.396 e. The maximum absolute atomic E-state index is 8.03. The van der Waals surface area contributed by atoms with E-state index in [1.807, 2.05) is 0 Å². The molecule has 0 atom stereocenters. The van der Waals surface area contributed by atoms with Gasteiger partial charge in [-0.05, 0) is 0 Å². The van der Waals surface area contributed by atoms with E-state index < -0.39 is 0 Å². The van der Waals surface area contributed by atoms with Gasteiger partial charge in [-0.1, -0.05) is 19.4 Å². The van der Waals surface area contributed by atoms with Crippen molar-refractivity contribution in [3.05, 3.63) is 48.9 Å². The Morgan fingerprint density at radius 2 is 2.00 bits per heavy atom. The van der Waals surface area contributed by atoms with E-state index in [2.05, 4.69) is 50.2 Å². The summed E-state index contributed by atoms with van der Waals surface area (Å²) in [4.78, 5) is 0. The zero-order chi connectivity index (χ0) is 11.1. The number of fused-ring (bicyclic) bond motifs is 1. The number of benzene rings is 1. The van der Waals surface area contributed by atoms with Gasteiger partial charge in [0, 0.05) is 6.61 Å². The second-order valence-corrected chi connectivity index (χ2v) is 3.59. The molecule has 0 aliphatic heterocycles. The molecule has 2 aromatic carbocycles. The van der Waals surface area contributed by atoms with Crippen molar-refractivity contribution >= 4 is 10.8 Å². The minimum atomic E-state index is 0. The fourth-order valence-corrected chi connectivity index (χ4v) is 1.42. The molecule has 1 nitrogen and oxygen atoms in total. The summed E-state index contributed by atoms with van der Waals surface area (Å²) in [6.07, 6.45) is 1.68. The van der Waals surface area contributed by atoms with E-state index >= 15 is 0 Å². The molecule has 0 heterocycles. The van der Waals surface area contributed by atoms with Crippen molar-refractivity contribution in [3.63, 3.8) is 0 Å². The third-order valence-electron chi connectivity index (χ3n) is 2.17. The van der Waals surface area contributed by atoms with Gasteiger partial charge in [0.2, 0.25) is 0 Å². The average molecular weight is 294 g/mol. The van der Waals surface area contributed by atoms with Crippen molar-refractivity contribution in [2.24, 2.45) is 0 Å². The fourth-order valence-electron chi connectivity index (χ4n) is 1.42. The molecule has 0 aliphatic carbocycles. The van der Waals surface area contributed by atoms with Gasteiger partial charge in [0.25, 0.3) is 0 Å². The molecule has 0 radical (unpaired) electrons. The normalized spacial score (nSPS) is 9.19. The van der Waals surface area contributed by atoms with Gasteiger partial charge >= 0.3 is 26.2 Å². The van der Waals surface area contributed by atoms with Crippen LogP contribution in [0.1, 0.15) is 18.4 Å². The molecule has 84 valence electrons. The van der Waals surface area contributed by atoms with Gasteiger partial charge in [-0.3, -0.25) is 0 Å². The summed E-state index contributed by atoms with van der Waals surface area (Å²) in [6.45, 7) is 5.92. The van der Waals surface area contributed by atoms with Gasteiger partial charge in [0.1, 0.15) is 0 Å². The van der Waals surface area contributed by atoms with Crippen molar-refractivity contribution in [1.82, 2.24) is 0 Å². The molecule has 2 heteroatoms. The second-order valence-electron chi connectivity index (χ2n) is 3.59. The summed E-state index contributed by atoms with van der Waals surface area (Å²) in [5.41, 5.74) is 1.35. The van der Waals surface area contributed by atoms with Crippen LogP contribution in [0.4, 0.5) is 0 Å². The Morgan fingerprint density at radius 1 is 1.31 bits per heavy atom. The van der Waals surface area contributed by atoms with Crippen LogP contribution in [0.15, 0.2) is 36.4 Å². The van der Waals surface area contributed by atoms with Crippen molar-refractivity contribution in [3.8, 4) is 0 Å². The first-order valence-corrected chi connectivity index (χ1v) is 5.30. The van der Waals surface area contributed by atoms with Gasteiger partial charge < -0.3 is 12.0 Å². The van der Waals surface area contributed by atoms with Crippen molar-refractivity contribution in [1.29, 1.82) is 0 Å². The largest absolute Gasteiger partial charge is 2.00 e. The molecule has 0 saturated carbocycles. The van der Waals surface area contributed by atoms with Crippen LogP contribution < -0.4 is 0 Å². The average Bonchev–Trinajstić information content (AvgIpc) is 2.60. The Balaban J connectivity index is 0.000000330. The zero-order valence-electron chi connectivity index (χ0n) is 9.74. The predicted molar refractivity (Wildman–Crippen MR) is 66.0 cm³/mol. The Kier molecular flexibility index (Phi) is 8.60. The molecule has 0 aromatic heterocycles. The first kappa shape index (κ1) is 15.7. The molecule has 0 bridgehead atoms. The van der Waals surface area contributed by atoms with Crippen LogP contribution in [0.3, 0.4) is 0 Å². The van der Waals surface area contributed by atoms with Gasteiger partial charge in [-0.15, -0.1) is 40.6 Å². The number of aliphatic hydroxyl groups excluding tert-OH is 1. The minimum Gasteiger partial charge on any atom is -0.396 e. The second kappa shape index (κ2) is 8.78. The van der Waals surface area contributed by atoms with Crippen LogP contribution in [-0.2, 0) is 26.2 Å². The van der Waals surface area contributed by atoms with E-state index in [0.717, 1.165) is 12.8 Å². The van der Waals surface area contributed by atoms with Crippen molar-refractivity contribution in [2.75, 3.05) is 6.61 Å². The molecule has 1 N–H and O–H groups in total. The molecular weight excluding hydrogens is 275 g/mol. The standard InChI is InChI=1S/C10H9.C4H9O.Zr/c1-8-6-9-4-2-3-5-10(9)7-8;1-2-3-4-5;/h2-7H,1H3;5H,1-4H2;/q2*-1;+2. The van der Waals surface area contributed by atoms with Crippen LogP contribution in [0.2, 0.25) is 0 Å². The summed E-state index contributed by atoms with van der Waals surface area (Å²) >= 11 is 0. The van der Waals surface area contributed by atoms with E-state index in [4.69, 9.17) is 5.11 Å². The molecule has 0 amide bonds. The number of aryl methyl sites for hydroxylation is 1. The number of hydrogen-bond acceptors (Lipinski definition) is 1. The predicted octanol–water partition coefficient (Wildman–Crippen LogP) is 3.46. The van der Waals surface area contributed by atoms with Crippen LogP contribution in [0.25, 0.3) is 10.8 Å². The number of hydrogen-bond donors (Lipinski definition) is 1. The third kappa shape index (κ3) is 5.14. The minimum absolute atomic E-state index is 0. The Bertz CT molecular complexity index is 357. The quantitative estimate of drug-likeness (QED) is 0.841. The molecule has 0 saturated heterocycles.